The van der Waals surface area contributed by atoms with Crippen molar-refractivity contribution in [3.8, 4) is 0 Å². The molecule has 3 heterocycles. The number of Topliss-reactive ketones (excluding diaryl/α,β-unsaturated/α-hetero) is 1. The number of ketones is 3. The first kappa shape index (κ1) is 63.3. The molecular formula is C67H68O10S5. The van der Waals surface area contributed by atoms with Crippen LogP contribution in [0, 0.1) is 17.8 Å². The van der Waals surface area contributed by atoms with Crippen LogP contribution in [0.25, 0.3) is 16.7 Å². The van der Waals surface area contributed by atoms with Crippen LogP contribution in [-0.2, 0) is 33.4 Å². The smallest absolute Gasteiger partial charge is 0.220 e. The summed E-state index contributed by atoms with van der Waals surface area (Å²) in [6, 6.07) is 30.1. The first-order valence-corrected chi connectivity index (χ1v) is 30.6. The van der Waals surface area contributed by atoms with Crippen molar-refractivity contribution in [3.63, 3.8) is 0 Å². The SMILES string of the molecule is C=C(C)C(=O)CCC(O)COC1=CC2SC(=S)C(c3ccccc3)=CC2C=C1.C=CC(=O)CCC(O)COC1=CC2SC(=O)C(c3ccccc3)=CC2C=C1.C=CC(=O)CCC(O)COC1=CC2SC(=S)C(c3ccccc3)=CC2C=C1. The van der Waals surface area contributed by atoms with Crippen LogP contribution in [0.1, 0.15) is 62.1 Å². The van der Waals surface area contributed by atoms with Crippen LogP contribution in [0.5, 0.6) is 0 Å². The minimum Gasteiger partial charge on any atom is -0.491 e. The van der Waals surface area contributed by atoms with Gasteiger partial charge in [0.2, 0.25) is 5.12 Å². The molecule has 9 unspecified atom stereocenters. The summed E-state index contributed by atoms with van der Waals surface area (Å²) in [4.78, 5) is 46.5. The summed E-state index contributed by atoms with van der Waals surface area (Å²) in [5.74, 6) is 2.58. The number of thiocarbonyl (C=S) groups is 2. The summed E-state index contributed by atoms with van der Waals surface area (Å²) in [6.07, 6.45) is 26.9. The Kier molecular flexibility index (Phi) is 24.7. The number of hydrogen-bond donors (Lipinski definition) is 3. The monoisotopic (exact) mass is 1190 g/mol. The van der Waals surface area contributed by atoms with Crippen LogP contribution in [0.3, 0.4) is 0 Å². The van der Waals surface area contributed by atoms with Gasteiger partial charge in [0.15, 0.2) is 17.3 Å². The van der Waals surface area contributed by atoms with Gasteiger partial charge in [-0.25, -0.2) is 0 Å². The Balaban J connectivity index is 0.000000177. The molecule has 3 aromatic rings. The second kappa shape index (κ2) is 32.0. The molecule has 0 saturated carbocycles. The van der Waals surface area contributed by atoms with Crippen molar-refractivity contribution in [2.45, 2.75) is 79.5 Å². The summed E-state index contributed by atoms with van der Waals surface area (Å²) in [5, 5.41) is 30.4. The standard InChI is InChI=1S/C23H24O3S2.C22H22O4S.C22H22O3S2/c1-15(2)21(25)11-9-18(24)14-26-19-10-8-17-12-20(16-6-4-3-5-7-16)23(27)28-22(17)13-19;1-2-17(23)9-10-18(24)14-26-19-11-8-16-12-20(15-6-4-3-5-7-15)22(25)27-21(16)13-19;1-2-17(23)9-10-18(24)14-25-19-11-8-16-12-20(15-6-4-3-5-7-15)22(26)27-21(16)13-19/h3-8,10,12-13,17-18,22,24H,1,9,11,14H2,2H3;2*2-8,11-13,16,18,21,24H,1,9-10,14H2. The number of ether oxygens (including phenoxy) is 3. The zero-order valence-electron chi connectivity index (χ0n) is 45.7. The maximum absolute atomic E-state index is 12.5. The first-order chi connectivity index (χ1) is 39.6. The molecular weight excluding hydrogens is 1130 g/mol. The average molecular weight is 1190 g/mol. The highest BCUT2D eigenvalue weighted by Crippen LogP contribution is 2.43. The number of carbonyl (C=O) groups is 4. The summed E-state index contributed by atoms with van der Waals surface area (Å²) < 4.78 is 18.9. The number of fused-ring (bicyclic) bond motifs is 3. The fraction of sp³-hybridized carbons (Fsp3) is 0.284. The van der Waals surface area contributed by atoms with E-state index in [1.807, 2.05) is 103 Å². The van der Waals surface area contributed by atoms with E-state index in [0.717, 1.165) is 53.3 Å². The van der Waals surface area contributed by atoms with Gasteiger partial charge >= 0.3 is 0 Å². The maximum Gasteiger partial charge on any atom is 0.220 e. The van der Waals surface area contributed by atoms with E-state index in [4.69, 9.17) is 38.6 Å². The van der Waals surface area contributed by atoms with Gasteiger partial charge in [-0.1, -0.05) is 183 Å². The largest absolute Gasteiger partial charge is 0.491 e. The van der Waals surface area contributed by atoms with Gasteiger partial charge in [-0.15, -0.1) is 23.5 Å². The number of aliphatic hydroxyl groups excluding tert-OH is 3. The Morgan fingerprint density at radius 1 is 0.524 bits per heavy atom. The number of aliphatic hydroxyl groups is 3. The van der Waals surface area contributed by atoms with Gasteiger partial charge < -0.3 is 29.5 Å². The topological polar surface area (TPSA) is 157 Å². The minimum absolute atomic E-state index is 0.00977. The van der Waals surface area contributed by atoms with Crippen molar-refractivity contribution in [1.82, 2.24) is 0 Å². The normalized spacial score (nSPS) is 22.2. The van der Waals surface area contributed by atoms with Crippen LogP contribution in [0.4, 0.5) is 0 Å². The molecule has 0 fully saturated rings. The number of carbonyl (C=O) groups excluding carboxylic acids is 4. The number of hydrogen-bond acceptors (Lipinski definition) is 15. The third-order valence-corrected chi connectivity index (χ3v) is 18.2. The first-order valence-electron chi connectivity index (χ1n) is 27.1. The lowest BCUT2D eigenvalue weighted by atomic mass is 9.94. The molecule has 9 rings (SSSR count). The maximum atomic E-state index is 12.5. The lowest BCUT2D eigenvalue weighted by molar-refractivity contribution is -0.116. The van der Waals surface area contributed by atoms with Gasteiger partial charge in [0.1, 0.15) is 37.1 Å². The van der Waals surface area contributed by atoms with E-state index >= 15 is 0 Å². The summed E-state index contributed by atoms with van der Waals surface area (Å²) in [5.41, 5.74) is 6.71. The van der Waals surface area contributed by atoms with Crippen LogP contribution >= 0.6 is 59.7 Å². The van der Waals surface area contributed by atoms with Crippen LogP contribution in [-0.4, -0.2) is 100 Å². The molecule has 82 heavy (non-hydrogen) atoms. The highest BCUT2D eigenvalue weighted by molar-refractivity contribution is 8.25. The van der Waals surface area contributed by atoms with Crippen molar-refractivity contribution in [2.24, 2.45) is 17.8 Å². The summed E-state index contributed by atoms with van der Waals surface area (Å²) in [6.45, 7) is 12.6. The Labute approximate surface area is 505 Å². The lowest BCUT2D eigenvalue weighted by Crippen LogP contribution is -2.23. The molecule has 3 aromatic carbocycles. The van der Waals surface area contributed by atoms with Gasteiger partial charge in [0.25, 0.3) is 0 Å². The molecule has 9 atom stereocenters. The third kappa shape index (κ3) is 19.1. The van der Waals surface area contributed by atoms with E-state index < -0.39 is 18.3 Å². The number of benzene rings is 3. The van der Waals surface area contributed by atoms with E-state index in [1.165, 1.54) is 23.9 Å². The zero-order valence-corrected chi connectivity index (χ0v) is 49.7. The molecule has 0 spiro atoms. The fourth-order valence-electron chi connectivity index (χ4n) is 9.01. The van der Waals surface area contributed by atoms with Crippen LogP contribution in [0.15, 0.2) is 219 Å². The summed E-state index contributed by atoms with van der Waals surface area (Å²) >= 11 is 15.9. The predicted molar refractivity (Wildman–Crippen MR) is 344 cm³/mol. The molecule has 0 amide bonds. The van der Waals surface area contributed by atoms with E-state index in [0.29, 0.717) is 30.6 Å². The molecule has 3 N–H and O–H groups in total. The fourth-order valence-corrected chi connectivity index (χ4v) is 13.3. The van der Waals surface area contributed by atoms with E-state index in [1.54, 1.807) is 30.4 Å². The molecule has 0 aromatic heterocycles. The van der Waals surface area contributed by atoms with E-state index in [2.05, 4.69) is 80.5 Å². The molecule has 15 heteroatoms. The quantitative estimate of drug-likeness (QED) is 0.0575. The molecule has 0 saturated heterocycles. The third-order valence-electron chi connectivity index (χ3n) is 13.7. The van der Waals surface area contributed by atoms with Gasteiger partial charge in [0, 0.05) is 69.5 Å². The Morgan fingerprint density at radius 2 is 0.854 bits per heavy atom. The van der Waals surface area contributed by atoms with Crippen molar-refractivity contribution in [3.05, 3.63) is 235 Å². The van der Waals surface area contributed by atoms with E-state index in [9.17, 15) is 34.5 Å². The number of rotatable bonds is 24. The lowest BCUT2D eigenvalue weighted by Gasteiger charge is -2.29. The van der Waals surface area contributed by atoms with Crippen molar-refractivity contribution >= 4 is 107 Å². The van der Waals surface area contributed by atoms with Crippen molar-refractivity contribution in [2.75, 3.05) is 19.8 Å². The number of allylic oxidation sites excluding steroid dienone is 12. The van der Waals surface area contributed by atoms with Gasteiger partial charge in [-0.05, 0) is 97.1 Å². The molecule has 0 radical (unpaired) electrons. The molecule has 426 valence electrons. The van der Waals surface area contributed by atoms with Crippen LogP contribution in [0.2, 0.25) is 0 Å². The Bertz CT molecular complexity index is 2990. The Morgan fingerprint density at radius 3 is 1.21 bits per heavy atom. The van der Waals surface area contributed by atoms with E-state index in [-0.39, 0.29) is 95.1 Å². The second-order valence-corrected chi connectivity index (χ2v) is 24.9. The predicted octanol–water partition coefficient (Wildman–Crippen LogP) is 13.1. The van der Waals surface area contributed by atoms with Crippen LogP contribution < -0.4 is 0 Å². The average Bonchev–Trinajstić information content (AvgIpc) is 3.67. The molecule has 10 nitrogen and oxygen atoms in total. The molecule has 3 aliphatic carbocycles. The van der Waals surface area contributed by atoms with Crippen molar-refractivity contribution in [1.29, 1.82) is 0 Å². The van der Waals surface area contributed by atoms with Crippen molar-refractivity contribution < 1.29 is 48.7 Å². The highest BCUT2D eigenvalue weighted by Gasteiger charge is 2.33. The Hall–Kier alpha value is -6.27. The van der Waals surface area contributed by atoms with Gasteiger partial charge in [0.05, 0.1) is 26.7 Å². The molecule has 0 bridgehead atoms. The summed E-state index contributed by atoms with van der Waals surface area (Å²) in [7, 11) is 0. The van der Waals surface area contributed by atoms with Gasteiger partial charge in [-0.2, -0.15) is 0 Å². The van der Waals surface area contributed by atoms with Gasteiger partial charge in [-0.3, -0.25) is 19.2 Å². The minimum atomic E-state index is -0.717. The number of thioether (sulfide) groups is 3. The highest BCUT2D eigenvalue weighted by atomic mass is 32.2. The second-order valence-electron chi connectivity index (χ2n) is 20.0. The molecule has 6 aliphatic rings. The zero-order chi connectivity index (χ0) is 58.5. The molecule has 3 aliphatic heterocycles.